The second-order valence-corrected chi connectivity index (χ2v) is 5.13. The molecule has 0 heteroatoms. The fourth-order valence-electron chi connectivity index (χ4n) is 2.06. The van der Waals surface area contributed by atoms with Gasteiger partial charge in [-0.05, 0) is 30.1 Å². The lowest BCUT2D eigenvalue weighted by atomic mass is 9.72. The Balaban J connectivity index is 2.20. The van der Waals surface area contributed by atoms with E-state index in [1.807, 2.05) is 0 Å². The molecule has 1 aliphatic rings. The quantitative estimate of drug-likeness (QED) is 0.592. The smallest absolute Gasteiger partial charge is 0.0388 e. The van der Waals surface area contributed by atoms with Gasteiger partial charge in [0.05, 0.1) is 0 Å². The van der Waals surface area contributed by atoms with Crippen LogP contribution in [0.15, 0.2) is 0 Å². The molecule has 0 bridgehead atoms. The molecular weight excluding hydrogens is 144 g/mol. The van der Waals surface area contributed by atoms with E-state index in [9.17, 15) is 0 Å². The Morgan fingerprint density at radius 3 is 2.00 bits per heavy atom. The summed E-state index contributed by atoms with van der Waals surface area (Å²) in [4.78, 5) is 0. The van der Waals surface area contributed by atoms with E-state index in [4.69, 9.17) is 0 Å². The van der Waals surface area contributed by atoms with Gasteiger partial charge in [-0.3, -0.25) is 0 Å². The molecular formula is C12H24. The highest BCUT2D eigenvalue weighted by Crippen LogP contribution is 2.37. The molecule has 0 nitrogen and oxygen atoms in total. The van der Waals surface area contributed by atoms with Gasteiger partial charge in [-0.2, -0.15) is 0 Å². The van der Waals surface area contributed by atoms with E-state index in [0.717, 1.165) is 23.7 Å². The maximum Gasteiger partial charge on any atom is -0.0388 e. The third-order valence-corrected chi connectivity index (χ3v) is 3.84. The zero-order chi connectivity index (χ0) is 9.14. The van der Waals surface area contributed by atoms with Crippen molar-refractivity contribution < 1.29 is 0 Å². The molecule has 2 atom stereocenters. The van der Waals surface area contributed by atoms with Crippen molar-refractivity contribution in [3.05, 3.63) is 0 Å². The van der Waals surface area contributed by atoms with Gasteiger partial charge in [0.25, 0.3) is 0 Å². The van der Waals surface area contributed by atoms with Crippen LogP contribution in [0.1, 0.15) is 53.4 Å². The molecule has 12 heavy (non-hydrogen) atoms. The molecule has 0 aromatic heterocycles. The fourth-order valence-corrected chi connectivity index (χ4v) is 2.06. The van der Waals surface area contributed by atoms with Crippen molar-refractivity contribution in [3.8, 4) is 0 Å². The summed E-state index contributed by atoms with van der Waals surface area (Å²) >= 11 is 0. The van der Waals surface area contributed by atoms with Crippen molar-refractivity contribution in [1.82, 2.24) is 0 Å². The molecule has 0 radical (unpaired) electrons. The predicted molar refractivity (Wildman–Crippen MR) is 55.1 cm³/mol. The van der Waals surface area contributed by atoms with Gasteiger partial charge in [-0.15, -0.1) is 0 Å². The lowest BCUT2D eigenvalue weighted by Crippen LogP contribution is -2.22. The number of rotatable bonds is 4. The van der Waals surface area contributed by atoms with Crippen LogP contribution in [0.25, 0.3) is 0 Å². The van der Waals surface area contributed by atoms with E-state index in [-0.39, 0.29) is 0 Å². The van der Waals surface area contributed by atoms with Gasteiger partial charge in [0.2, 0.25) is 0 Å². The summed E-state index contributed by atoms with van der Waals surface area (Å²) in [5, 5.41) is 0. The largest absolute Gasteiger partial charge is 0.0625 e. The van der Waals surface area contributed by atoms with E-state index < -0.39 is 0 Å². The van der Waals surface area contributed by atoms with E-state index in [1.165, 1.54) is 25.7 Å². The van der Waals surface area contributed by atoms with Crippen LogP contribution < -0.4 is 0 Å². The van der Waals surface area contributed by atoms with Crippen LogP contribution in [-0.4, -0.2) is 0 Å². The van der Waals surface area contributed by atoms with E-state index >= 15 is 0 Å². The Morgan fingerprint density at radius 1 is 1.08 bits per heavy atom. The molecule has 0 N–H and O–H groups in total. The molecule has 0 aromatic rings. The minimum Gasteiger partial charge on any atom is -0.0625 e. The molecule has 1 fully saturated rings. The van der Waals surface area contributed by atoms with Crippen molar-refractivity contribution in [2.45, 2.75) is 53.4 Å². The molecule has 2 unspecified atom stereocenters. The van der Waals surface area contributed by atoms with Gasteiger partial charge in [0.15, 0.2) is 0 Å². The van der Waals surface area contributed by atoms with Gasteiger partial charge >= 0.3 is 0 Å². The first-order chi connectivity index (χ1) is 5.61. The average molecular weight is 168 g/mol. The monoisotopic (exact) mass is 168 g/mol. The first-order valence-electron chi connectivity index (χ1n) is 5.61. The van der Waals surface area contributed by atoms with Gasteiger partial charge in [-0.1, -0.05) is 47.0 Å². The first-order valence-corrected chi connectivity index (χ1v) is 5.61. The molecule has 1 aliphatic carbocycles. The SMILES string of the molecule is CC(C)C(C)CC(C)C1CCC1. The second-order valence-electron chi connectivity index (χ2n) is 5.13. The van der Waals surface area contributed by atoms with Crippen molar-refractivity contribution in [2.24, 2.45) is 23.7 Å². The van der Waals surface area contributed by atoms with Crippen LogP contribution in [-0.2, 0) is 0 Å². The molecule has 1 saturated carbocycles. The normalized spacial score (nSPS) is 23.8. The molecule has 72 valence electrons. The Hall–Kier alpha value is 0. The van der Waals surface area contributed by atoms with Crippen LogP contribution in [0.5, 0.6) is 0 Å². The topological polar surface area (TPSA) is 0 Å². The fraction of sp³-hybridized carbons (Fsp3) is 1.00. The molecule has 0 heterocycles. The standard InChI is InChI=1S/C12H24/c1-9(2)10(3)8-11(4)12-6-5-7-12/h9-12H,5-8H2,1-4H3. The summed E-state index contributed by atoms with van der Waals surface area (Å²) in [5.41, 5.74) is 0. The zero-order valence-corrected chi connectivity index (χ0v) is 9.14. The van der Waals surface area contributed by atoms with Gasteiger partial charge in [0, 0.05) is 0 Å². The molecule has 0 spiro atoms. The Kier molecular flexibility index (Phi) is 3.61. The summed E-state index contributed by atoms with van der Waals surface area (Å²) in [6.07, 6.45) is 5.95. The van der Waals surface area contributed by atoms with Gasteiger partial charge < -0.3 is 0 Å². The highest BCUT2D eigenvalue weighted by Gasteiger charge is 2.25. The molecule has 0 saturated heterocycles. The van der Waals surface area contributed by atoms with Gasteiger partial charge in [0.1, 0.15) is 0 Å². The zero-order valence-electron chi connectivity index (χ0n) is 9.14. The molecule has 1 rings (SSSR count). The highest BCUT2D eigenvalue weighted by atomic mass is 14.3. The van der Waals surface area contributed by atoms with Crippen molar-refractivity contribution in [3.63, 3.8) is 0 Å². The second kappa shape index (κ2) is 4.30. The molecule has 0 aliphatic heterocycles. The Bertz CT molecular complexity index is 122. The maximum absolute atomic E-state index is 2.45. The van der Waals surface area contributed by atoms with Crippen LogP contribution >= 0.6 is 0 Å². The predicted octanol–water partition coefficient (Wildman–Crippen LogP) is 4.10. The van der Waals surface area contributed by atoms with Crippen LogP contribution in [0.2, 0.25) is 0 Å². The lowest BCUT2D eigenvalue weighted by molar-refractivity contribution is 0.179. The van der Waals surface area contributed by atoms with Crippen LogP contribution in [0.4, 0.5) is 0 Å². The van der Waals surface area contributed by atoms with Crippen molar-refractivity contribution in [2.75, 3.05) is 0 Å². The minimum atomic E-state index is 0.868. The van der Waals surface area contributed by atoms with E-state index in [0.29, 0.717) is 0 Å². The lowest BCUT2D eigenvalue weighted by Gasteiger charge is -2.33. The Labute approximate surface area is 77.7 Å². The molecule has 0 amide bonds. The maximum atomic E-state index is 2.45. The van der Waals surface area contributed by atoms with Crippen LogP contribution in [0.3, 0.4) is 0 Å². The summed E-state index contributed by atoms with van der Waals surface area (Å²) in [6, 6.07) is 0. The number of hydrogen-bond acceptors (Lipinski definition) is 0. The first kappa shape index (κ1) is 10.1. The van der Waals surface area contributed by atoms with Crippen molar-refractivity contribution in [1.29, 1.82) is 0 Å². The van der Waals surface area contributed by atoms with Crippen LogP contribution in [0, 0.1) is 23.7 Å². The highest BCUT2D eigenvalue weighted by molar-refractivity contribution is 4.76. The summed E-state index contributed by atoms with van der Waals surface area (Å²) < 4.78 is 0. The van der Waals surface area contributed by atoms with E-state index in [1.54, 1.807) is 0 Å². The summed E-state index contributed by atoms with van der Waals surface area (Å²) in [5.74, 6) is 3.84. The Morgan fingerprint density at radius 2 is 1.67 bits per heavy atom. The van der Waals surface area contributed by atoms with Gasteiger partial charge in [-0.25, -0.2) is 0 Å². The van der Waals surface area contributed by atoms with E-state index in [2.05, 4.69) is 27.7 Å². The van der Waals surface area contributed by atoms with Crippen molar-refractivity contribution >= 4 is 0 Å². The number of hydrogen-bond donors (Lipinski definition) is 0. The third kappa shape index (κ3) is 2.50. The third-order valence-electron chi connectivity index (χ3n) is 3.84. The molecule has 0 aromatic carbocycles. The summed E-state index contributed by atoms with van der Waals surface area (Å²) in [7, 11) is 0. The summed E-state index contributed by atoms with van der Waals surface area (Å²) in [6.45, 7) is 9.54. The average Bonchev–Trinajstić information content (AvgIpc) is 1.82. The minimum absolute atomic E-state index is 0.868.